The molecule has 4 aromatic rings. The number of hydrogen-bond donors (Lipinski definition) is 1. The molecule has 0 bridgehead atoms. The number of carbonyl (C=O) groups excluding carboxylic acids is 2. The lowest BCUT2D eigenvalue weighted by atomic mass is 9.81. The van der Waals surface area contributed by atoms with E-state index >= 15 is 4.39 Å². The lowest BCUT2D eigenvalue weighted by molar-refractivity contribution is 0.0973. The van der Waals surface area contributed by atoms with Crippen LogP contribution < -0.4 is 14.2 Å². The molecular weight excluding hydrogens is 557 g/mol. The van der Waals surface area contributed by atoms with E-state index in [4.69, 9.17) is 21.1 Å². The maximum atomic E-state index is 15.1. The minimum absolute atomic E-state index is 0.0187. The molecule has 0 spiro atoms. The van der Waals surface area contributed by atoms with Gasteiger partial charge in [0, 0.05) is 22.3 Å². The number of ketones is 2. The number of nitrogens with one attached hydrogen (secondary N) is 1. The summed E-state index contributed by atoms with van der Waals surface area (Å²) in [6.07, 6.45) is -0.234. The van der Waals surface area contributed by atoms with E-state index in [-0.39, 0.29) is 61.2 Å². The zero-order chi connectivity index (χ0) is 28.6. The quantitative estimate of drug-likeness (QED) is 0.259. The number of fused-ring (bicyclic) bond motifs is 2. The molecule has 1 atom stereocenters. The number of rotatable bonds is 8. The van der Waals surface area contributed by atoms with Gasteiger partial charge in [-0.05, 0) is 24.6 Å². The van der Waals surface area contributed by atoms with Gasteiger partial charge in [0.15, 0.2) is 11.6 Å². The highest BCUT2D eigenvalue weighted by Gasteiger charge is 2.39. The zero-order valence-electron chi connectivity index (χ0n) is 21.4. The van der Waals surface area contributed by atoms with Gasteiger partial charge in [-0.3, -0.25) is 9.59 Å². The summed E-state index contributed by atoms with van der Waals surface area (Å²) in [5.74, 6) is -1.68. The highest BCUT2D eigenvalue weighted by atomic mass is 35.5. The van der Waals surface area contributed by atoms with Crippen molar-refractivity contribution in [3.05, 3.63) is 123 Å². The number of methoxy groups -OCH3 is 2. The first-order valence-electron chi connectivity index (χ1n) is 12.2. The Morgan fingerprint density at radius 1 is 0.800 bits per heavy atom. The third kappa shape index (κ3) is 4.66. The van der Waals surface area contributed by atoms with Crippen LogP contribution in [-0.4, -0.2) is 34.2 Å². The highest BCUT2D eigenvalue weighted by Crippen LogP contribution is 2.47. The van der Waals surface area contributed by atoms with Crippen LogP contribution in [0, 0.1) is 5.82 Å². The summed E-state index contributed by atoms with van der Waals surface area (Å²) in [5, 5.41) is -0.0566. The van der Waals surface area contributed by atoms with Crippen molar-refractivity contribution in [2.75, 3.05) is 14.2 Å². The van der Waals surface area contributed by atoms with Gasteiger partial charge in [0.1, 0.15) is 17.3 Å². The Labute approximate surface area is 235 Å². The zero-order valence-corrected chi connectivity index (χ0v) is 23.0. The first-order chi connectivity index (χ1) is 19.2. The summed E-state index contributed by atoms with van der Waals surface area (Å²) in [4.78, 5) is 27.2. The van der Waals surface area contributed by atoms with Crippen molar-refractivity contribution in [2.45, 2.75) is 17.4 Å². The molecule has 40 heavy (non-hydrogen) atoms. The number of hydrogen-bond acceptors (Lipinski definition) is 6. The summed E-state index contributed by atoms with van der Waals surface area (Å²) >= 11 is 6.79. The molecule has 0 amide bonds. The topological polar surface area (TPSA) is 98.8 Å². The number of sulfonamides is 1. The van der Waals surface area contributed by atoms with E-state index in [9.17, 15) is 18.0 Å². The SMILES string of the molecule is COc1c(Cl)c(CC(NS(=O)(=O)c2ccccc2)c2ccccc2F)c(OC)c2c1C(=O)c1ccccc1C2=O. The first kappa shape index (κ1) is 27.5. The average Bonchev–Trinajstić information content (AvgIpc) is 2.96. The average molecular weight is 580 g/mol. The Hall–Kier alpha value is -4.05. The molecule has 204 valence electrons. The molecular formula is C30H23ClFNO6S. The van der Waals surface area contributed by atoms with Crippen LogP contribution in [0.5, 0.6) is 11.5 Å². The van der Waals surface area contributed by atoms with E-state index in [0.717, 1.165) is 0 Å². The molecule has 1 aliphatic rings. The van der Waals surface area contributed by atoms with Gasteiger partial charge in [0.05, 0.1) is 41.3 Å². The first-order valence-corrected chi connectivity index (χ1v) is 14.0. The number of halogens is 2. The molecule has 7 nitrogen and oxygen atoms in total. The van der Waals surface area contributed by atoms with Gasteiger partial charge in [0.25, 0.3) is 0 Å². The van der Waals surface area contributed by atoms with Crippen LogP contribution in [0.2, 0.25) is 5.02 Å². The molecule has 1 unspecified atom stereocenters. The standard InChI is InChI=1S/C30H23ClFNO6S/c1-38-29-21(26(31)30(39-2)25-24(29)27(34)18-12-6-7-13-19(18)28(25)35)16-23(20-14-8-9-15-22(20)32)33-40(36,37)17-10-4-3-5-11-17/h3-15,23,33H,16H2,1-2H3. The fourth-order valence-corrected chi connectivity index (χ4v) is 6.51. The summed E-state index contributed by atoms with van der Waals surface area (Å²) in [7, 11) is -1.50. The Morgan fingerprint density at radius 2 is 1.32 bits per heavy atom. The second-order valence-electron chi connectivity index (χ2n) is 9.03. The Bertz CT molecular complexity index is 1760. The van der Waals surface area contributed by atoms with Crippen molar-refractivity contribution < 1.29 is 31.9 Å². The van der Waals surface area contributed by atoms with Crippen LogP contribution in [0.15, 0.2) is 83.8 Å². The van der Waals surface area contributed by atoms with Crippen molar-refractivity contribution in [1.82, 2.24) is 4.72 Å². The number of ether oxygens (including phenoxy) is 2. The maximum absolute atomic E-state index is 15.1. The van der Waals surface area contributed by atoms with Gasteiger partial charge < -0.3 is 9.47 Å². The van der Waals surface area contributed by atoms with Gasteiger partial charge in [-0.1, -0.05) is 72.3 Å². The number of benzene rings is 4. The Morgan fingerprint density at radius 3 is 1.90 bits per heavy atom. The molecule has 0 fully saturated rings. The minimum atomic E-state index is -4.12. The largest absolute Gasteiger partial charge is 0.496 e. The molecule has 1 aliphatic carbocycles. The molecule has 0 radical (unpaired) electrons. The lowest BCUT2D eigenvalue weighted by Crippen LogP contribution is -2.31. The van der Waals surface area contributed by atoms with Gasteiger partial charge in [-0.2, -0.15) is 0 Å². The van der Waals surface area contributed by atoms with Crippen molar-refractivity contribution >= 4 is 33.2 Å². The second-order valence-corrected chi connectivity index (χ2v) is 11.1. The Balaban J connectivity index is 1.71. The molecule has 0 saturated heterocycles. The summed E-state index contributed by atoms with van der Waals surface area (Å²) in [6, 6.07) is 18.6. The van der Waals surface area contributed by atoms with Crippen molar-refractivity contribution in [3.8, 4) is 11.5 Å². The predicted molar refractivity (Wildman–Crippen MR) is 147 cm³/mol. The summed E-state index contributed by atoms with van der Waals surface area (Å²) < 4.78 is 55.5. The van der Waals surface area contributed by atoms with Crippen molar-refractivity contribution in [2.24, 2.45) is 0 Å². The fourth-order valence-electron chi connectivity index (χ4n) is 4.94. The van der Waals surface area contributed by atoms with Crippen LogP contribution in [0.4, 0.5) is 4.39 Å². The predicted octanol–water partition coefficient (Wildman–Crippen LogP) is 5.53. The fraction of sp³-hybridized carbons (Fsp3) is 0.133. The molecule has 5 rings (SSSR count). The molecule has 0 heterocycles. The second kappa shape index (κ2) is 10.8. The van der Waals surface area contributed by atoms with Crippen LogP contribution in [0.3, 0.4) is 0 Å². The Kier molecular flexibility index (Phi) is 7.46. The van der Waals surface area contributed by atoms with E-state index < -0.39 is 33.4 Å². The van der Waals surface area contributed by atoms with Gasteiger partial charge in [0.2, 0.25) is 10.0 Å². The van der Waals surface area contributed by atoms with E-state index in [1.807, 2.05) is 0 Å². The van der Waals surface area contributed by atoms with Crippen LogP contribution >= 0.6 is 11.6 Å². The molecule has 4 aromatic carbocycles. The van der Waals surface area contributed by atoms with E-state index in [1.54, 1.807) is 42.5 Å². The molecule has 0 saturated carbocycles. The molecule has 0 aromatic heterocycles. The summed E-state index contributed by atoms with van der Waals surface area (Å²) in [5.41, 5.74) is 0.492. The van der Waals surface area contributed by atoms with Crippen molar-refractivity contribution in [1.29, 1.82) is 0 Å². The maximum Gasteiger partial charge on any atom is 0.241 e. The van der Waals surface area contributed by atoms with Crippen LogP contribution in [-0.2, 0) is 16.4 Å². The van der Waals surface area contributed by atoms with Gasteiger partial charge in [-0.25, -0.2) is 17.5 Å². The summed E-state index contributed by atoms with van der Waals surface area (Å²) in [6.45, 7) is 0. The van der Waals surface area contributed by atoms with Gasteiger partial charge >= 0.3 is 0 Å². The van der Waals surface area contributed by atoms with Crippen molar-refractivity contribution in [3.63, 3.8) is 0 Å². The van der Waals surface area contributed by atoms with E-state index in [0.29, 0.717) is 0 Å². The third-order valence-electron chi connectivity index (χ3n) is 6.76. The third-order valence-corrected chi connectivity index (χ3v) is 8.65. The minimum Gasteiger partial charge on any atom is -0.496 e. The smallest absolute Gasteiger partial charge is 0.241 e. The van der Waals surface area contributed by atoms with Crippen LogP contribution in [0.25, 0.3) is 0 Å². The molecule has 10 heteroatoms. The lowest BCUT2D eigenvalue weighted by Gasteiger charge is -2.27. The normalized spacial score (nSPS) is 13.4. The van der Waals surface area contributed by atoms with Crippen LogP contribution in [0.1, 0.15) is 49.0 Å². The monoisotopic (exact) mass is 579 g/mol. The van der Waals surface area contributed by atoms with E-state index in [1.165, 1.54) is 50.6 Å². The number of carbonyl (C=O) groups is 2. The molecule has 0 aliphatic heterocycles. The van der Waals surface area contributed by atoms with Gasteiger partial charge in [-0.15, -0.1) is 0 Å². The molecule has 1 N–H and O–H groups in total. The highest BCUT2D eigenvalue weighted by molar-refractivity contribution is 7.89. The van der Waals surface area contributed by atoms with E-state index in [2.05, 4.69) is 4.72 Å².